The van der Waals surface area contributed by atoms with Crippen molar-refractivity contribution in [3.8, 4) is 11.3 Å². The molecule has 0 fully saturated rings. The molecule has 0 radical (unpaired) electrons. The number of benzene rings is 2. The Morgan fingerprint density at radius 2 is 1.82 bits per heavy atom. The highest BCUT2D eigenvalue weighted by atomic mass is 32.2. The number of hydrogen-bond acceptors (Lipinski definition) is 5. The first kappa shape index (κ1) is 13.5. The lowest BCUT2D eigenvalue weighted by Crippen LogP contribution is -1.78. The fourth-order valence-corrected chi connectivity index (χ4v) is 4.07. The Balaban J connectivity index is 1.49. The van der Waals surface area contributed by atoms with Gasteiger partial charge in [-0.1, -0.05) is 54.2 Å². The lowest BCUT2D eigenvalue weighted by Gasteiger charge is -1.95. The summed E-state index contributed by atoms with van der Waals surface area (Å²) in [6, 6.07) is 18.2. The maximum absolute atomic E-state index is 5.81. The van der Waals surface area contributed by atoms with Crippen molar-refractivity contribution in [3.63, 3.8) is 0 Å². The summed E-state index contributed by atoms with van der Waals surface area (Å²) in [5.41, 5.74) is 2.10. The van der Waals surface area contributed by atoms with Gasteiger partial charge in [0.1, 0.15) is 0 Å². The first-order valence-corrected chi connectivity index (χ1v) is 8.67. The van der Waals surface area contributed by atoms with Gasteiger partial charge in [-0.3, -0.25) is 0 Å². The van der Waals surface area contributed by atoms with E-state index >= 15 is 0 Å². The molecule has 0 saturated carbocycles. The number of rotatable bonds is 4. The molecular weight excluding hydrogens is 312 g/mol. The third-order valence-electron chi connectivity index (χ3n) is 3.21. The molecule has 0 amide bonds. The van der Waals surface area contributed by atoms with Crippen LogP contribution in [0.5, 0.6) is 0 Å². The fraction of sp³-hybridized carbons (Fsp3) is 0.0588. The number of thiazole rings is 1. The van der Waals surface area contributed by atoms with Crippen LogP contribution in [0.25, 0.3) is 21.5 Å². The van der Waals surface area contributed by atoms with Gasteiger partial charge >= 0.3 is 0 Å². The molecule has 0 bridgehead atoms. The lowest BCUT2D eigenvalue weighted by molar-refractivity contribution is 0.530. The molecule has 22 heavy (non-hydrogen) atoms. The fourth-order valence-electron chi connectivity index (χ4n) is 2.15. The summed E-state index contributed by atoms with van der Waals surface area (Å²) in [5, 5.41) is 0. The first-order chi connectivity index (χ1) is 10.9. The molecule has 5 heteroatoms. The van der Waals surface area contributed by atoms with Gasteiger partial charge in [0, 0.05) is 5.56 Å². The van der Waals surface area contributed by atoms with Crippen LogP contribution < -0.4 is 0 Å². The van der Waals surface area contributed by atoms with Gasteiger partial charge < -0.3 is 4.42 Å². The molecule has 2 aromatic heterocycles. The zero-order chi connectivity index (χ0) is 14.8. The van der Waals surface area contributed by atoms with E-state index in [0.29, 0.717) is 5.75 Å². The molecule has 0 atom stereocenters. The Labute approximate surface area is 136 Å². The van der Waals surface area contributed by atoms with E-state index in [1.807, 2.05) is 48.5 Å². The lowest BCUT2D eigenvalue weighted by atomic mass is 10.2. The van der Waals surface area contributed by atoms with Crippen molar-refractivity contribution < 1.29 is 4.42 Å². The van der Waals surface area contributed by atoms with E-state index in [1.165, 1.54) is 4.70 Å². The zero-order valence-corrected chi connectivity index (χ0v) is 13.2. The molecule has 0 N–H and O–H groups in total. The predicted octanol–water partition coefficient (Wildman–Crippen LogP) is 5.24. The van der Waals surface area contributed by atoms with Crippen molar-refractivity contribution in [2.75, 3.05) is 0 Å². The topological polar surface area (TPSA) is 38.9 Å². The summed E-state index contributed by atoms with van der Waals surface area (Å²) in [6.07, 6.45) is 1.78. The molecule has 4 aromatic rings. The van der Waals surface area contributed by atoms with Gasteiger partial charge in [0.2, 0.25) is 5.89 Å². The van der Waals surface area contributed by atoms with Crippen molar-refractivity contribution in [1.29, 1.82) is 0 Å². The number of hydrogen-bond donors (Lipinski definition) is 0. The van der Waals surface area contributed by atoms with Crippen LogP contribution in [0.1, 0.15) is 5.89 Å². The van der Waals surface area contributed by atoms with Gasteiger partial charge in [-0.15, -0.1) is 11.3 Å². The van der Waals surface area contributed by atoms with Crippen molar-refractivity contribution in [2.45, 2.75) is 10.1 Å². The molecule has 2 heterocycles. The summed E-state index contributed by atoms with van der Waals surface area (Å²) in [7, 11) is 0. The Morgan fingerprint density at radius 1 is 1.00 bits per heavy atom. The Hall–Kier alpha value is -2.11. The first-order valence-electron chi connectivity index (χ1n) is 6.87. The number of nitrogens with zero attached hydrogens (tertiary/aromatic N) is 2. The highest BCUT2D eigenvalue weighted by molar-refractivity contribution is 8.00. The average Bonchev–Trinajstić information content (AvgIpc) is 3.20. The van der Waals surface area contributed by atoms with E-state index in [4.69, 9.17) is 4.42 Å². The van der Waals surface area contributed by atoms with Crippen LogP contribution in [-0.4, -0.2) is 9.97 Å². The van der Waals surface area contributed by atoms with Gasteiger partial charge in [0.25, 0.3) is 0 Å². The predicted molar refractivity (Wildman–Crippen MR) is 91.1 cm³/mol. The third-order valence-corrected chi connectivity index (χ3v) is 5.37. The van der Waals surface area contributed by atoms with Crippen LogP contribution in [0.2, 0.25) is 0 Å². The molecule has 0 aliphatic carbocycles. The smallest absolute Gasteiger partial charge is 0.205 e. The normalized spacial score (nSPS) is 11.1. The number of thioether (sulfide) groups is 1. The van der Waals surface area contributed by atoms with Gasteiger partial charge in [0.05, 0.1) is 22.2 Å². The Bertz CT molecular complexity index is 866. The Morgan fingerprint density at radius 3 is 2.68 bits per heavy atom. The largest absolute Gasteiger partial charge is 0.440 e. The molecule has 2 aromatic carbocycles. The van der Waals surface area contributed by atoms with Gasteiger partial charge in [-0.25, -0.2) is 9.97 Å². The van der Waals surface area contributed by atoms with Crippen LogP contribution in [0.3, 0.4) is 0 Å². The number of aromatic nitrogens is 2. The summed E-state index contributed by atoms with van der Waals surface area (Å²) in [4.78, 5) is 8.96. The van der Waals surface area contributed by atoms with E-state index in [1.54, 1.807) is 29.3 Å². The van der Waals surface area contributed by atoms with E-state index < -0.39 is 0 Å². The minimum atomic E-state index is 0.687. The average molecular weight is 324 g/mol. The van der Waals surface area contributed by atoms with Gasteiger partial charge in [-0.2, -0.15) is 0 Å². The Kier molecular flexibility index (Phi) is 3.66. The summed E-state index contributed by atoms with van der Waals surface area (Å²) >= 11 is 3.36. The molecule has 0 aliphatic heterocycles. The molecule has 0 unspecified atom stereocenters. The van der Waals surface area contributed by atoms with Crippen LogP contribution in [0.15, 0.2) is 69.6 Å². The van der Waals surface area contributed by atoms with E-state index in [0.717, 1.165) is 27.1 Å². The molecule has 0 saturated heterocycles. The summed E-state index contributed by atoms with van der Waals surface area (Å²) in [5.74, 6) is 2.22. The minimum Gasteiger partial charge on any atom is -0.440 e. The highest BCUT2D eigenvalue weighted by Gasteiger charge is 2.09. The van der Waals surface area contributed by atoms with E-state index in [-0.39, 0.29) is 0 Å². The SMILES string of the molecule is c1ccc(-c2cnc(CSc3nc4ccccc4s3)o2)cc1. The second kappa shape index (κ2) is 5.94. The van der Waals surface area contributed by atoms with Crippen molar-refractivity contribution >= 4 is 33.3 Å². The highest BCUT2D eigenvalue weighted by Crippen LogP contribution is 2.31. The van der Waals surface area contributed by atoms with Crippen LogP contribution >= 0.6 is 23.1 Å². The van der Waals surface area contributed by atoms with Crippen molar-refractivity contribution in [3.05, 3.63) is 66.7 Å². The number of oxazole rings is 1. The van der Waals surface area contributed by atoms with Crippen LogP contribution in [0.4, 0.5) is 0 Å². The standard InChI is InChI=1S/C17H12N2OS2/c1-2-6-12(7-3-1)14-10-18-16(20-14)11-21-17-19-13-8-4-5-9-15(13)22-17/h1-10H,11H2. The molecule has 4 rings (SSSR count). The molecule has 0 aliphatic rings. The van der Waals surface area contributed by atoms with Gasteiger partial charge in [0.15, 0.2) is 10.1 Å². The van der Waals surface area contributed by atoms with Crippen LogP contribution in [0, 0.1) is 0 Å². The number of para-hydroxylation sites is 1. The molecular formula is C17H12N2OS2. The minimum absolute atomic E-state index is 0.687. The summed E-state index contributed by atoms with van der Waals surface area (Å²) < 4.78 is 8.06. The van der Waals surface area contributed by atoms with Crippen LogP contribution in [-0.2, 0) is 5.75 Å². The maximum Gasteiger partial charge on any atom is 0.205 e. The van der Waals surface area contributed by atoms with Crippen molar-refractivity contribution in [2.24, 2.45) is 0 Å². The number of fused-ring (bicyclic) bond motifs is 1. The van der Waals surface area contributed by atoms with E-state index in [9.17, 15) is 0 Å². The summed E-state index contributed by atoms with van der Waals surface area (Å²) in [6.45, 7) is 0. The van der Waals surface area contributed by atoms with Gasteiger partial charge in [-0.05, 0) is 12.1 Å². The zero-order valence-electron chi connectivity index (χ0n) is 11.6. The molecule has 0 spiro atoms. The second-order valence-electron chi connectivity index (χ2n) is 4.72. The maximum atomic E-state index is 5.81. The second-order valence-corrected chi connectivity index (χ2v) is 6.97. The molecule has 3 nitrogen and oxygen atoms in total. The van der Waals surface area contributed by atoms with Crippen molar-refractivity contribution in [1.82, 2.24) is 9.97 Å². The monoisotopic (exact) mass is 324 g/mol. The molecule has 108 valence electrons. The van der Waals surface area contributed by atoms with E-state index in [2.05, 4.69) is 16.0 Å². The third kappa shape index (κ3) is 2.77. The quantitative estimate of drug-likeness (QED) is 0.481.